The third-order valence-electron chi connectivity index (χ3n) is 2.95. The van der Waals surface area contributed by atoms with Gasteiger partial charge in [0, 0.05) is 0 Å². The molecule has 7 heteroatoms. The van der Waals surface area contributed by atoms with Crippen molar-refractivity contribution >= 4 is 43.2 Å². The van der Waals surface area contributed by atoms with Crippen molar-refractivity contribution in [3.8, 4) is 0 Å². The van der Waals surface area contributed by atoms with Crippen LogP contribution in [0.25, 0.3) is 0 Å². The number of thiophene rings is 1. The third kappa shape index (κ3) is 4.09. The SMILES string of the molecule is CCNC(c1cccc(C(F)(F)F)c1)c1cc(Br)sc1Br. The Balaban J connectivity index is 2.46. The molecule has 0 fully saturated rings. The second-order valence-electron chi connectivity index (χ2n) is 4.39. The minimum atomic E-state index is -4.33. The second kappa shape index (κ2) is 6.81. The van der Waals surface area contributed by atoms with Gasteiger partial charge in [-0.1, -0.05) is 19.1 Å². The lowest BCUT2D eigenvalue weighted by atomic mass is 9.99. The van der Waals surface area contributed by atoms with Crippen LogP contribution in [0, 0.1) is 0 Å². The van der Waals surface area contributed by atoms with E-state index < -0.39 is 11.7 Å². The molecule has 0 aliphatic heterocycles. The minimum absolute atomic E-state index is 0.283. The van der Waals surface area contributed by atoms with Crippen LogP contribution < -0.4 is 5.32 Å². The van der Waals surface area contributed by atoms with E-state index in [1.807, 2.05) is 13.0 Å². The van der Waals surface area contributed by atoms with E-state index in [1.165, 1.54) is 23.5 Å². The molecule has 0 radical (unpaired) electrons. The van der Waals surface area contributed by atoms with Crippen LogP contribution in [0.1, 0.15) is 29.7 Å². The van der Waals surface area contributed by atoms with Crippen molar-refractivity contribution in [3.05, 3.63) is 54.6 Å². The lowest BCUT2D eigenvalue weighted by molar-refractivity contribution is -0.137. The molecule has 0 bridgehead atoms. The van der Waals surface area contributed by atoms with Gasteiger partial charge in [0.25, 0.3) is 0 Å². The summed E-state index contributed by atoms with van der Waals surface area (Å²) in [6, 6.07) is 7.08. The quantitative estimate of drug-likeness (QED) is 0.613. The van der Waals surface area contributed by atoms with E-state index in [0.717, 1.165) is 19.2 Å². The van der Waals surface area contributed by atoms with Crippen molar-refractivity contribution in [2.24, 2.45) is 0 Å². The van der Waals surface area contributed by atoms with Gasteiger partial charge in [-0.2, -0.15) is 13.2 Å². The average Bonchev–Trinajstić information content (AvgIpc) is 2.74. The van der Waals surface area contributed by atoms with Crippen molar-refractivity contribution in [3.63, 3.8) is 0 Å². The molecule has 1 nitrogen and oxygen atoms in total. The van der Waals surface area contributed by atoms with Crippen molar-refractivity contribution in [2.75, 3.05) is 6.54 Å². The first-order valence-electron chi connectivity index (χ1n) is 6.18. The highest BCUT2D eigenvalue weighted by Crippen LogP contribution is 2.39. The maximum absolute atomic E-state index is 12.9. The van der Waals surface area contributed by atoms with E-state index in [1.54, 1.807) is 6.07 Å². The van der Waals surface area contributed by atoms with Crippen LogP contribution >= 0.6 is 43.2 Å². The Morgan fingerprint density at radius 1 is 1.24 bits per heavy atom. The molecular weight excluding hydrogens is 431 g/mol. The summed E-state index contributed by atoms with van der Waals surface area (Å²) in [6.07, 6.45) is -4.33. The molecular formula is C14H12Br2F3NS. The van der Waals surface area contributed by atoms with Crippen LogP contribution in [0.2, 0.25) is 0 Å². The number of hydrogen-bond acceptors (Lipinski definition) is 2. The van der Waals surface area contributed by atoms with E-state index in [0.29, 0.717) is 12.1 Å². The van der Waals surface area contributed by atoms with Crippen LogP contribution in [0.4, 0.5) is 13.2 Å². The summed E-state index contributed by atoms with van der Waals surface area (Å²) < 4.78 is 40.4. The number of rotatable bonds is 4. The molecule has 1 aromatic carbocycles. The molecule has 1 aromatic heterocycles. The van der Waals surface area contributed by atoms with Gasteiger partial charge in [-0.25, -0.2) is 0 Å². The summed E-state index contributed by atoms with van der Waals surface area (Å²) in [6.45, 7) is 2.58. The molecule has 0 aliphatic rings. The summed E-state index contributed by atoms with van der Waals surface area (Å²) in [5, 5.41) is 3.24. The van der Waals surface area contributed by atoms with Gasteiger partial charge >= 0.3 is 6.18 Å². The molecule has 21 heavy (non-hydrogen) atoms. The maximum atomic E-state index is 12.9. The van der Waals surface area contributed by atoms with E-state index in [-0.39, 0.29) is 6.04 Å². The number of halogens is 5. The van der Waals surface area contributed by atoms with E-state index in [2.05, 4.69) is 37.2 Å². The third-order valence-corrected chi connectivity index (χ3v) is 5.34. The molecule has 0 spiro atoms. The average molecular weight is 443 g/mol. The molecule has 2 aromatic rings. The fourth-order valence-electron chi connectivity index (χ4n) is 2.06. The Kier molecular flexibility index (Phi) is 5.51. The van der Waals surface area contributed by atoms with Crippen molar-refractivity contribution in [1.29, 1.82) is 0 Å². The van der Waals surface area contributed by atoms with Gasteiger partial charge < -0.3 is 5.32 Å². The van der Waals surface area contributed by atoms with Crippen LogP contribution in [-0.2, 0) is 6.18 Å². The summed E-state index contributed by atoms with van der Waals surface area (Å²) >= 11 is 8.37. The van der Waals surface area contributed by atoms with Crippen molar-refractivity contribution in [2.45, 2.75) is 19.1 Å². The zero-order valence-electron chi connectivity index (χ0n) is 11.0. The second-order valence-corrected chi connectivity index (χ2v) is 8.14. The monoisotopic (exact) mass is 441 g/mol. The Labute approximate surface area is 141 Å². The highest BCUT2D eigenvalue weighted by atomic mass is 79.9. The number of alkyl halides is 3. The lowest BCUT2D eigenvalue weighted by Crippen LogP contribution is -2.22. The van der Waals surface area contributed by atoms with Gasteiger partial charge in [0.15, 0.2) is 0 Å². The zero-order valence-corrected chi connectivity index (χ0v) is 15.0. The largest absolute Gasteiger partial charge is 0.416 e. The molecule has 0 amide bonds. The molecule has 114 valence electrons. The molecule has 0 aliphatic carbocycles. The summed E-state index contributed by atoms with van der Waals surface area (Å²) in [4.78, 5) is 0. The summed E-state index contributed by atoms with van der Waals surface area (Å²) in [5.74, 6) is 0. The van der Waals surface area contributed by atoms with Crippen molar-refractivity contribution < 1.29 is 13.2 Å². The molecule has 1 atom stereocenters. The first kappa shape index (κ1) is 17.0. The highest BCUT2D eigenvalue weighted by molar-refractivity contribution is 9.12. The topological polar surface area (TPSA) is 12.0 Å². The first-order chi connectivity index (χ1) is 9.82. The predicted octanol–water partition coefficient (Wildman–Crippen LogP) is 5.99. The van der Waals surface area contributed by atoms with Gasteiger partial charge in [0.1, 0.15) is 0 Å². The molecule has 1 heterocycles. The highest BCUT2D eigenvalue weighted by Gasteiger charge is 2.31. The van der Waals surface area contributed by atoms with Crippen LogP contribution in [0.5, 0.6) is 0 Å². The zero-order chi connectivity index (χ0) is 15.6. The van der Waals surface area contributed by atoms with Crippen LogP contribution in [-0.4, -0.2) is 6.54 Å². The van der Waals surface area contributed by atoms with Gasteiger partial charge in [0.2, 0.25) is 0 Å². The maximum Gasteiger partial charge on any atom is 0.416 e. The van der Waals surface area contributed by atoms with Gasteiger partial charge in [0.05, 0.1) is 19.2 Å². The van der Waals surface area contributed by atoms with E-state index in [9.17, 15) is 13.2 Å². The number of benzene rings is 1. The summed E-state index contributed by atoms with van der Waals surface area (Å²) in [5.41, 5.74) is 0.888. The first-order valence-corrected chi connectivity index (χ1v) is 8.58. The molecule has 1 unspecified atom stereocenters. The van der Waals surface area contributed by atoms with Crippen LogP contribution in [0.15, 0.2) is 37.9 Å². The molecule has 0 saturated heterocycles. The summed E-state index contributed by atoms with van der Waals surface area (Å²) in [7, 11) is 0. The van der Waals surface area contributed by atoms with Gasteiger partial charge in [-0.15, -0.1) is 11.3 Å². The minimum Gasteiger partial charge on any atom is -0.306 e. The molecule has 2 rings (SSSR count). The Bertz CT molecular complexity index is 625. The lowest BCUT2D eigenvalue weighted by Gasteiger charge is -2.19. The van der Waals surface area contributed by atoms with Gasteiger partial charge in [-0.05, 0) is 67.7 Å². The molecule has 1 N–H and O–H groups in total. The standard InChI is InChI=1S/C14H12Br2F3NS/c1-2-20-12(10-7-11(15)21-13(10)16)8-4-3-5-9(6-8)14(17,18)19/h3-7,12,20H,2H2,1H3. The number of nitrogens with one attached hydrogen (secondary N) is 1. The normalized spacial score (nSPS) is 13.4. The van der Waals surface area contributed by atoms with Crippen LogP contribution in [0.3, 0.4) is 0 Å². The fraction of sp³-hybridized carbons (Fsp3) is 0.286. The fourth-order valence-corrected chi connectivity index (χ4v) is 4.96. The Hall–Kier alpha value is -0.370. The van der Waals surface area contributed by atoms with E-state index in [4.69, 9.17) is 0 Å². The predicted molar refractivity (Wildman–Crippen MR) is 86.7 cm³/mol. The Morgan fingerprint density at radius 3 is 2.48 bits per heavy atom. The molecule has 0 saturated carbocycles. The van der Waals surface area contributed by atoms with Crippen molar-refractivity contribution in [1.82, 2.24) is 5.32 Å². The Morgan fingerprint density at radius 2 is 1.95 bits per heavy atom. The number of hydrogen-bond donors (Lipinski definition) is 1. The van der Waals surface area contributed by atoms with E-state index >= 15 is 0 Å². The smallest absolute Gasteiger partial charge is 0.306 e. The van der Waals surface area contributed by atoms with Gasteiger partial charge in [-0.3, -0.25) is 0 Å².